The van der Waals surface area contributed by atoms with E-state index in [1.165, 1.54) is 11.1 Å². The van der Waals surface area contributed by atoms with Gasteiger partial charge in [0.15, 0.2) is 0 Å². The third-order valence-electron chi connectivity index (χ3n) is 4.88. The molecule has 3 nitrogen and oxygen atoms in total. The van der Waals surface area contributed by atoms with Crippen LogP contribution in [-0.2, 0) is 0 Å². The maximum Gasteiger partial charge on any atom is 0.0789 e. The lowest BCUT2D eigenvalue weighted by atomic mass is 9.96. The van der Waals surface area contributed by atoms with Crippen LogP contribution in [0.15, 0.2) is 36.5 Å². The Balaban J connectivity index is 1.88. The minimum atomic E-state index is 0.161. The highest BCUT2D eigenvalue weighted by Gasteiger charge is 2.31. The molecule has 4 rings (SSSR count). The van der Waals surface area contributed by atoms with E-state index in [-0.39, 0.29) is 6.04 Å². The molecule has 2 aromatic rings. The molecule has 1 saturated heterocycles. The van der Waals surface area contributed by atoms with Crippen molar-refractivity contribution < 1.29 is 0 Å². The van der Waals surface area contributed by atoms with E-state index in [1.54, 1.807) is 0 Å². The Morgan fingerprint density at radius 3 is 2.75 bits per heavy atom. The van der Waals surface area contributed by atoms with Gasteiger partial charge in [-0.3, -0.25) is 9.88 Å². The number of nitrogens with zero attached hydrogens (tertiary/aromatic N) is 3. The fourth-order valence-electron chi connectivity index (χ4n) is 3.57. The standard InChI is InChI=1S/C19H19BrClN3/c1-23-7-9-24(10-8-23)19-15-5-4-14(21)12-16(15)17(20)11-13-3-2-6-22-18(13)19/h2-6,11-12,19H,7-10H2,1H3/t19-/m1/s1. The normalized spacial score (nSPS) is 21.6. The average Bonchev–Trinajstić information content (AvgIpc) is 2.70. The number of fused-ring (bicyclic) bond motifs is 2. The SMILES string of the molecule is CN1CCN([C@@H]2c3ccc(Cl)cc3C(Br)=Cc3cccnc32)CC1. The molecule has 1 fully saturated rings. The van der Waals surface area contributed by atoms with Crippen LogP contribution in [0.4, 0.5) is 0 Å². The number of aromatic nitrogens is 1. The van der Waals surface area contributed by atoms with Crippen LogP contribution in [-0.4, -0.2) is 48.0 Å². The summed E-state index contributed by atoms with van der Waals surface area (Å²) in [6.07, 6.45) is 4.05. The minimum absolute atomic E-state index is 0.161. The Labute approximate surface area is 156 Å². The van der Waals surface area contributed by atoms with E-state index in [9.17, 15) is 0 Å². The van der Waals surface area contributed by atoms with Crippen molar-refractivity contribution in [2.24, 2.45) is 0 Å². The highest BCUT2D eigenvalue weighted by Crippen LogP contribution is 2.41. The average molecular weight is 405 g/mol. The predicted octanol–water partition coefficient (Wildman–Crippen LogP) is 4.28. The summed E-state index contributed by atoms with van der Waals surface area (Å²) in [5, 5.41) is 0.759. The molecule has 2 aliphatic rings. The van der Waals surface area contributed by atoms with Crippen LogP contribution >= 0.6 is 27.5 Å². The second kappa shape index (κ2) is 6.60. The summed E-state index contributed by atoms with van der Waals surface area (Å²) in [5.41, 5.74) is 4.72. The fourth-order valence-corrected chi connectivity index (χ4v) is 4.33. The summed E-state index contributed by atoms with van der Waals surface area (Å²) in [6.45, 7) is 4.24. The molecule has 1 aromatic carbocycles. The smallest absolute Gasteiger partial charge is 0.0789 e. The molecule has 0 radical (unpaired) electrons. The van der Waals surface area contributed by atoms with Crippen molar-refractivity contribution in [3.63, 3.8) is 0 Å². The molecule has 1 aliphatic carbocycles. The molecule has 0 amide bonds. The number of halogens is 2. The summed E-state index contributed by atoms with van der Waals surface area (Å²) < 4.78 is 1.06. The Morgan fingerprint density at radius 2 is 1.96 bits per heavy atom. The van der Waals surface area contributed by atoms with E-state index >= 15 is 0 Å². The van der Waals surface area contributed by atoms with Gasteiger partial charge in [-0.1, -0.05) is 39.7 Å². The zero-order valence-corrected chi connectivity index (χ0v) is 15.9. The van der Waals surface area contributed by atoms with E-state index in [0.29, 0.717) is 0 Å². The molecule has 1 aliphatic heterocycles. The minimum Gasteiger partial charge on any atom is -0.304 e. The highest BCUT2D eigenvalue weighted by atomic mass is 79.9. The van der Waals surface area contributed by atoms with Crippen LogP contribution in [0.25, 0.3) is 10.6 Å². The molecule has 124 valence electrons. The van der Waals surface area contributed by atoms with Gasteiger partial charge in [0.05, 0.1) is 11.7 Å². The number of piperazine rings is 1. The van der Waals surface area contributed by atoms with Crippen LogP contribution in [0, 0.1) is 0 Å². The van der Waals surface area contributed by atoms with E-state index in [0.717, 1.165) is 46.9 Å². The van der Waals surface area contributed by atoms with Crippen LogP contribution in [0.2, 0.25) is 5.02 Å². The first-order valence-corrected chi connectivity index (χ1v) is 9.35. The Hall–Kier alpha value is -1.20. The van der Waals surface area contributed by atoms with Gasteiger partial charge in [-0.2, -0.15) is 0 Å². The number of pyridine rings is 1. The molecule has 1 aromatic heterocycles. The van der Waals surface area contributed by atoms with Crippen LogP contribution in [0.1, 0.15) is 28.4 Å². The Kier molecular flexibility index (Phi) is 4.48. The van der Waals surface area contributed by atoms with E-state index in [1.807, 2.05) is 24.4 Å². The van der Waals surface area contributed by atoms with Gasteiger partial charge in [-0.15, -0.1) is 0 Å². The Bertz CT molecular complexity index is 797. The van der Waals surface area contributed by atoms with Gasteiger partial charge >= 0.3 is 0 Å². The first-order chi connectivity index (χ1) is 11.6. The van der Waals surface area contributed by atoms with Crippen molar-refractivity contribution in [1.29, 1.82) is 0 Å². The zero-order valence-electron chi connectivity index (χ0n) is 13.5. The lowest BCUT2D eigenvalue weighted by molar-refractivity contribution is 0.125. The number of hydrogen-bond acceptors (Lipinski definition) is 3. The molecule has 0 saturated carbocycles. The van der Waals surface area contributed by atoms with E-state index < -0.39 is 0 Å². The van der Waals surface area contributed by atoms with Crippen molar-refractivity contribution in [3.8, 4) is 0 Å². The predicted molar refractivity (Wildman–Crippen MR) is 103 cm³/mol. The second-order valence-electron chi connectivity index (χ2n) is 6.44. The maximum atomic E-state index is 6.28. The monoisotopic (exact) mass is 403 g/mol. The molecule has 24 heavy (non-hydrogen) atoms. The largest absolute Gasteiger partial charge is 0.304 e. The topological polar surface area (TPSA) is 19.4 Å². The summed E-state index contributed by atoms with van der Waals surface area (Å²) in [4.78, 5) is 9.68. The van der Waals surface area contributed by atoms with Gasteiger partial charge in [-0.25, -0.2) is 0 Å². The number of rotatable bonds is 1. The molecule has 2 heterocycles. The van der Waals surface area contributed by atoms with Crippen molar-refractivity contribution in [1.82, 2.24) is 14.8 Å². The van der Waals surface area contributed by atoms with Crippen molar-refractivity contribution in [2.45, 2.75) is 6.04 Å². The molecule has 0 spiro atoms. The number of hydrogen-bond donors (Lipinski definition) is 0. The fraction of sp³-hybridized carbons (Fsp3) is 0.316. The number of benzene rings is 1. The van der Waals surface area contributed by atoms with Crippen LogP contribution < -0.4 is 0 Å². The first-order valence-electron chi connectivity index (χ1n) is 8.18. The Morgan fingerprint density at radius 1 is 1.17 bits per heavy atom. The van der Waals surface area contributed by atoms with Gasteiger partial charge < -0.3 is 4.90 Å². The van der Waals surface area contributed by atoms with Crippen molar-refractivity contribution >= 4 is 38.1 Å². The second-order valence-corrected chi connectivity index (χ2v) is 7.73. The molecule has 5 heteroatoms. The summed E-state index contributed by atoms with van der Waals surface area (Å²) in [6, 6.07) is 10.5. The first kappa shape index (κ1) is 16.3. The van der Waals surface area contributed by atoms with Crippen molar-refractivity contribution in [3.05, 3.63) is 63.9 Å². The highest BCUT2D eigenvalue weighted by molar-refractivity contribution is 9.15. The lowest BCUT2D eigenvalue weighted by Gasteiger charge is -2.38. The van der Waals surface area contributed by atoms with E-state index in [4.69, 9.17) is 16.6 Å². The molecule has 0 bridgehead atoms. The molecular formula is C19H19BrClN3. The molecule has 0 N–H and O–H groups in total. The summed E-state index contributed by atoms with van der Waals surface area (Å²) >= 11 is 10.0. The van der Waals surface area contributed by atoms with Crippen molar-refractivity contribution in [2.75, 3.05) is 33.2 Å². The van der Waals surface area contributed by atoms with E-state index in [2.05, 4.69) is 51.0 Å². The third kappa shape index (κ3) is 2.93. The van der Waals surface area contributed by atoms with Crippen LogP contribution in [0.3, 0.4) is 0 Å². The van der Waals surface area contributed by atoms with Gasteiger partial charge in [0.1, 0.15) is 0 Å². The lowest BCUT2D eigenvalue weighted by Crippen LogP contribution is -2.46. The maximum absolute atomic E-state index is 6.28. The van der Waals surface area contributed by atoms with Crippen LogP contribution in [0.5, 0.6) is 0 Å². The third-order valence-corrected chi connectivity index (χ3v) is 5.77. The van der Waals surface area contributed by atoms with Gasteiger partial charge in [0, 0.05) is 41.9 Å². The molecular weight excluding hydrogens is 386 g/mol. The summed E-state index contributed by atoms with van der Waals surface area (Å²) in [7, 11) is 2.18. The van der Waals surface area contributed by atoms with Gasteiger partial charge in [0.25, 0.3) is 0 Å². The quantitative estimate of drug-likeness (QED) is 0.707. The van der Waals surface area contributed by atoms with Gasteiger partial charge in [-0.05, 0) is 48.0 Å². The molecule has 0 unspecified atom stereocenters. The molecule has 1 atom stereocenters. The van der Waals surface area contributed by atoms with Gasteiger partial charge in [0.2, 0.25) is 0 Å². The number of likely N-dealkylation sites (N-methyl/N-ethyl adjacent to an activating group) is 1. The zero-order chi connectivity index (χ0) is 16.7. The summed E-state index contributed by atoms with van der Waals surface area (Å²) in [5.74, 6) is 0.